The molecule has 0 saturated carbocycles. The zero-order valence-electron chi connectivity index (χ0n) is 6.16. The summed E-state index contributed by atoms with van der Waals surface area (Å²) in [5.41, 5.74) is 0. The number of aliphatic hydroxyl groups is 1. The van der Waals surface area contributed by atoms with Crippen LogP contribution in [0, 0.1) is 0 Å². The summed E-state index contributed by atoms with van der Waals surface area (Å²) in [5.74, 6) is -0.635. The summed E-state index contributed by atoms with van der Waals surface area (Å²) in [5, 5.41) is 8.85. The van der Waals surface area contributed by atoms with Gasteiger partial charge in [0.05, 0.1) is 13.2 Å². The van der Waals surface area contributed by atoms with Crippen LogP contribution in [0.15, 0.2) is 0 Å². The van der Waals surface area contributed by atoms with Crippen LogP contribution in [0.3, 0.4) is 0 Å². The SMILES string of the molecule is CCOC(=O)[C@H](O)COC. The highest BCUT2D eigenvalue weighted by Gasteiger charge is 2.14. The number of methoxy groups -OCH3 is 1. The molecule has 0 spiro atoms. The average Bonchev–Trinajstić information content (AvgIpc) is 1.89. The van der Waals surface area contributed by atoms with Crippen LogP contribution in [-0.4, -0.2) is 37.5 Å². The first kappa shape index (κ1) is 9.39. The highest BCUT2D eigenvalue weighted by molar-refractivity contribution is 5.74. The van der Waals surface area contributed by atoms with Gasteiger partial charge < -0.3 is 14.6 Å². The molecular formula is C6H12O4. The van der Waals surface area contributed by atoms with E-state index < -0.39 is 12.1 Å². The van der Waals surface area contributed by atoms with Crippen LogP contribution < -0.4 is 0 Å². The molecule has 0 saturated heterocycles. The summed E-state index contributed by atoms with van der Waals surface area (Å²) >= 11 is 0. The third-order valence-corrected chi connectivity index (χ3v) is 0.883. The molecule has 60 valence electrons. The van der Waals surface area contributed by atoms with Crippen LogP contribution in [0.1, 0.15) is 6.92 Å². The fourth-order valence-corrected chi connectivity index (χ4v) is 0.464. The van der Waals surface area contributed by atoms with Gasteiger partial charge in [-0.3, -0.25) is 0 Å². The maximum atomic E-state index is 10.6. The lowest BCUT2D eigenvalue weighted by Crippen LogP contribution is -2.27. The molecule has 4 heteroatoms. The van der Waals surface area contributed by atoms with Crippen LogP contribution in [-0.2, 0) is 14.3 Å². The van der Waals surface area contributed by atoms with Gasteiger partial charge in [-0.2, -0.15) is 0 Å². The predicted octanol–water partition coefficient (Wildman–Crippen LogP) is -0.443. The van der Waals surface area contributed by atoms with Crippen molar-refractivity contribution in [3.8, 4) is 0 Å². The minimum absolute atomic E-state index is 0.0150. The zero-order valence-corrected chi connectivity index (χ0v) is 6.16. The molecule has 0 unspecified atom stereocenters. The summed E-state index contributed by atoms with van der Waals surface area (Å²) in [4.78, 5) is 10.6. The van der Waals surface area contributed by atoms with E-state index in [4.69, 9.17) is 5.11 Å². The zero-order chi connectivity index (χ0) is 7.98. The van der Waals surface area contributed by atoms with Crippen LogP contribution in [0.5, 0.6) is 0 Å². The number of carbonyl (C=O) groups excluding carboxylic acids is 1. The Labute approximate surface area is 59.7 Å². The number of carbonyl (C=O) groups is 1. The summed E-state index contributed by atoms with van der Waals surface area (Å²) in [6.07, 6.45) is -1.15. The molecule has 4 nitrogen and oxygen atoms in total. The Hall–Kier alpha value is -0.610. The topological polar surface area (TPSA) is 55.8 Å². The van der Waals surface area contributed by atoms with E-state index in [0.717, 1.165) is 0 Å². The van der Waals surface area contributed by atoms with Crippen molar-refractivity contribution >= 4 is 5.97 Å². The van der Waals surface area contributed by atoms with Crippen molar-refractivity contribution in [3.63, 3.8) is 0 Å². The van der Waals surface area contributed by atoms with Crippen molar-refractivity contribution < 1.29 is 19.4 Å². The van der Waals surface area contributed by atoms with Gasteiger partial charge in [-0.15, -0.1) is 0 Å². The summed E-state index contributed by atoms with van der Waals surface area (Å²) < 4.78 is 9.01. The smallest absolute Gasteiger partial charge is 0.337 e. The lowest BCUT2D eigenvalue weighted by molar-refractivity contribution is -0.155. The number of hydrogen-bond donors (Lipinski definition) is 1. The molecule has 1 atom stereocenters. The molecular weight excluding hydrogens is 136 g/mol. The van der Waals surface area contributed by atoms with Gasteiger partial charge in [-0.05, 0) is 6.92 Å². The second kappa shape index (κ2) is 5.20. The van der Waals surface area contributed by atoms with Crippen LogP contribution >= 0.6 is 0 Å². The number of hydrogen-bond acceptors (Lipinski definition) is 4. The standard InChI is InChI=1S/C6H12O4/c1-3-10-6(8)5(7)4-9-2/h5,7H,3-4H2,1-2H3/t5-/m1/s1. The molecule has 0 aromatic heterocycles. The van der Waals surface area contributed by atoms with Gasteiger partial charge in [0.1, 0.15) is 0 Å². The average molecular weight is 148 g/mol. The van der Waals surface area contributed by atoms with Gasteiger partial charge in [-0.25, -0.2) is 4.79 Å². The lowest BCUT2D eigenvalue weighted by atomic mass is 10.4. The molecule has 0 aliphatic heterocycles. The number of ether oxygens (including phenoxy) is 2. The number of esters is 1. The normalized spacial score (nSPS) is 12.7. The minimum Gasteiger partial charge on any atom is -0.464 e. The molecule has 0 fully saturated rings. The highest BCUT2D eigenvalue weighted by Crippen LogP contribution is 1.88. The van der Waals surface area contributed by atoms with Gasteiger partial charge in [0.25, 0.3) is 0 Å². The molecule has 1 N–H and O–H groups in total. The predicted molar refractivity (Wildman–Crippen MR) is 34.5 cm³/mol. The molecule has 0 bridgehead atoms. The van der Waals surface area contributed by atoms with Gasteiger partial charge in [0, 0.05) is 7.11 Å². The molecule has 0 heterocycles. The molecule has 0 aromatic carbocycles. The maximum Gasteiger partial charge on any atom is 0.337 e. The molecule has 0 aromatic rings. The Balaban J connectivity index is 3.49. The van der Waals surface area contributed by atoms with E-state index in [0.29, 0.717) is 0 Å². The van der Waals surface area contributed by atoms with Crippen molar-refractivity contribution in [2.24, 2.45) is 0 Å². The largest absolute Gasteiger partial charge is 0.464 e. The van der Waals surface area contributed by atoms with Gasteiger partial charge in [0.2, 0.25) is 0 Å². The molecule has 0 rings (SSSR count). The van der Waals surface area contributed by atoms with E-state index in [2.05, 4.69) is 9.47 Å². The Kier molecular flexibility index (Phi) is 4.88. The van der Waals surface area contributed by atoms with Crippen molar-refractivity contribution in [2.75, 3.05) is 20.3 Å². The monoisotopic (exact) mass is 148 g/mol. The molecule has 0 aliphatic carbocycles. The summed E-state index contributed by atoms with van der Waals surface area (Å²) in [7, 11) is 1.41. The highest BCUT2D eigenvalue weighted by atomic mass is 16.6. The van der Waals surface area contributed by atoms with E-state index in [1.807, 2.05) is 0 Å². The first-order valence-corrected chi connectivity index (χ1v) is 3.06. The third kappa shape index (κ3) is 3.42. The van der Waals surface area contributed by atoms with E-state index in [-0.39, 0.29) is 13.2 Å². The fraction of sp³-hybridized carbons (Fsp3) is 0.833. The summed E-state index contributed by atoms with van der Waals surface area (Å²) in [6, 6.07) is 0. The minimum atomic E-state index is -1.15. The first-order chi connectivity index (χ1) is 4.72. The van der Waals surface area contributed by atoms with Crippen molar-refractivity contribution in [1.82, 2.24) is 0 Å². The quantitative estimate of drug-likeness (QED) is 0.549. The van der Waals surface area contributed by atoms with E-state index in [1.165, 1.54) is 7.11 Å². The molecule has 0 aliphatic rings. The second-order valence-electron chi connectivity index (χ2n) is 1.72. The fourth-order valence-electron chi connectivity index (χ4n) is 0.464. The second-order valence-corrected chi connectivity index (χ2v) is 1.72. The number of rotatable bonds is 4. The van der Waals surface area contributed by atoms with Crippen LogP contribution in [0.25, 0.3) is 0 Å². The van der Waals surface area contributed by atoms with E-state index >= 15 is 0 Å². The van der Waals surface area contributed by atoms with Crippen LogP contribution in [0.4, 0.5) is 0 Å². The van der Waals surface area contributed by atoms with Crippen molar-refractivity contribution in [2.45, 2.75) is 13.0 Å². The van der Waals surface area contributed by atoms with E-state index in [9.17, 15) is 4.79 Å². The lowest BCUT2D eigenvalue weighted by Gasteiger charge is -2.06. The Morgan fingerprint density at radius 1 is 1.70 bits per heavy atom. The van der Waals surface area contributed by atoms with Gasteiger partial charge in [0.15, 0.2) is 6.10 Å². The first-order valence-electron chi connectivity index (χ1n) is 3.06. The Morgan fingerprint density at radius 3 is 2.70 bits per heavy atom. The van der Waals surface area contributed by atoms with Crippen LogP contribution in [0.2, 0.25) is 0 Å². The van der Waals surface area contributed by atoms with E-state index in [1.54, 1.807) is 6.92 Å². The number of aliphatic hydroxyl groups excluding tert-OH is 1. The third-order valence-electron chi connectivity index (χ3n) is 0.883. The van der Waals surface area contributed by atoms with Gasteiger partial charge in [-0.1, -0.05) is 0 Å². The molecule has 0 amide bonds. The summed E-state index contributed by atoms with van der Waals surface area (Å²) in [6.45, 7) is 1.94. The molecule has 0 radical (unpaired) electrons. The maximum absolute atomic E-state index is 10.6. The van der Waals surface area contributed by atoms with Gasteiger partial charge >= 0.3 is 5.97 Å². The van der Waals surface area contributed by atoms with Crippen molar-refractivity contribution in [1.29, 1.82) is 0 Å². The van der Waals surface area contributed by atoms with Crippen molar-refractivity contribution in [3.05, 3.63) is 0 Å². The Bertz CT molecular complexity index is 102. The Morgan fingerprint density at radius 2 is 2.30 bits per heavy atom. The molecule has 10 heavy (non-hydrogen) atoms.